The Bertz CT molecular complexity index is 595. The van der Waals surface area contributed by atoms with Gasteiger partial charge in [-0.3, -0.25) is 9.69 Å². The number of nitrogens with zero attached hydrogens (tertiary/aromatic N) is 2. The SMILES string of the molecule is CC(=O)Oc1cc(Br)c2c(c1)[C@]1(C)CCN(C)C1N2C.Cl. The average molecular weight is 376 g/mol. The molecule has 1 aromatic rings. The number of likely N-dealkylation sites (N-methyl/N-ethyl adjacent to an activating group) is 2. The number of ether oxygens (including phenoxy) is 1. The highest BCUT2D eigenvalue weighted by molar-refractivity contribution is 9.10. The molecule has 116 valence electrons. The van der Waals surface area contributed by atoms with Gasteiger partial charge in [0.1, 0.15) is 5.75 Å². The highest BCUT2D eigenvalue weighted by atomic mass is 79.9. The molecule has 2 heterocycles. The lowest BCUT2D eigenvalue weighted by Crippen LogP contribution is -2.45. The van der Waals surface area contributed by atoms with E-state index in [-0.39, 0.29) is 23.8 Å². The number of benzene rings is 1. The van der Waals surface area contributed by atoms with Crippen molar-refractivity contribution in [1.29, 1.82) is 0 Å². The van der Waals surface area contributed by atoms with Crippen LogP contribution in [0, 0.1) is 0 Å². The number of carbonyl (C=O) groups excluding carboxylic acids is 1. The first-order valence-corrected chi connectivity index (χ1v) is 7.59. The van der Waals surface area contributed by atoms with E-state index in [9.17, 15) is 4.79 Å². The number of rotatable bonds is 1. The van der Waals surface area contributed by atoms with Gasteiger partial charge in [-0.25, -0.2) is 0 Å². The first-order chi connectivity index (χ1) is 9.34. The molecule has 0 radical (unpaired) electrons. The van der Waals surface area contributed by atoms with E-state index in [1.807, 2.05) is 12.1 Å². The van der Waals surface area contributed by atoms with E-state index < -0.39 is 0 Å². The lowest BCUT2D eigenvalue weighted by atomic mass is 9.81. The third kappa shape index (κ3) is 2.35. The van der Waals surface area contributed by atoms with Crippen LogP contribution in [0.2, 0.25) is 0 Å². The van der Waals surface area contributed by atoms with Gasteiger partial charge in [0.15, 0.2) is 0 Å². The number of likely N-dealkylation sites (tertiary alicyclic amines) is 1. The predicted molar refractivity (Wildman–Crippen MR) is 89.5 cm³/mol. The summed E-state index contributed by atoms with van der Waals surface area (Å²) < 4.78 is 6.26. The minimum absolute atomic E-state index is 0. The molecule has 1 fully saturated rings. The van der Waals surface area contributed by atoms with Gasteiger partial charge in [0.2, 0.25) is 0 Å². The Morgan fingerprint density at radius 1 is 1.43 bits per heavy atom. The maximum atomic E-state index is 11.2. The Kier molecular flexibility index (Phi) is 4.30. The Morgan fingerprint density at radius 3 is 2.71 bits per heavy atom. The second kappa shape index (κ2) is 5.45. The van der Waals surface area contributed by atoms with Gasteiger partial charge >= 0.3 is 5.97 Å². The van der Waals surface area contributed by atoms with E-state index in [2.05, 4.69) is 46.7 Å². The second-order valence-electron chi connectivity index (χ2n) is 6.03. The molecule has 0 N–H and O–H groups in total. The topological polar surface area (TPSA) is 32.8 Å². The van der Waals surface area contributed by atoms with Gasteiger partial charge in [0, 0.05) is 30.4 Å². The predicted octanol–water partition coefficient (Wildman–Crippen LogP) is 3.17. The zero-order valence-electron chi connectivity index (χ0n) is 12.6. The molecule has 0 bridgehead atoms. The molecule has 0 aromatic heterocycles. The molecule has 0 saturated carbocycles. The van der Waals surface area contributed by atoms with E-state index in [0.717, 1.165) is 17.4 Å². The minimum atomic E-state index is -0.284. The summed E-state index contributed by atoms with van der Waals surface area (Å²) in [6, 6.07) is 3.90. The van der Waals surface area contributed by atoms with Gasteiger partial charge in [-0.05, 0) is 47.1 Å². The molecule has 2 aliphatic heterocycles. The standard InChI is InChI=1S/C15H19BrN2O2.ClH/c1-9(19)20-10-7-11-13(12(16)8-10)18(4)14-15(11,2)5-6-17(14)3;/h7-8,14H,5-6H2,1-4H3;1H/t14?,15-;/m0./s1. The number of hydrogen-bond acceptors (Lipinski definition) is 4. The van der Waals surface area contributed by atoms with Crippen LogP contribution in [0.3, 0.4) is 0 Å². The van der Waals surface area contributed by atoms with Crippen molar-refractivity contribution in [3.05, 3.63) is 22.2 Å². The van der Waals surface area contributed by atoms with E-state index in [4.69, 9.17) is 4.74 Å². The first-order valence-electron chi connectivity index (χ1n) is 6.80. The van der Waals surface area contributed by atoms with Crippen molar-refractivity contribution in [2.24, 2.45) is 0 Å². The van der Waals surface area contributed by atoms with Crippen molar-refractivity contribution in [1.82, 2.24) is 4.90 Å². The first kappa shape index (κ1) is 16.6. The monoisotopic (exact) mass is 374 g/mol. The van der Waals surface area contributed by atoms with E-state index in [1.165, 1.54) is 18.2 Å². The van der Waals surface area contributed by atoms with Crippen molar-refractivity contribution < 1.29 is 9.53 Å². The molecule has 3 rings (SSSR count). The van der Waals surface area contributed by atoms with Crippen LogP contribution in [0.1, 0.15) is 25.8 Å². The van der Waals surface area contributed by atoms with Crippen molar-refractivity contribution in [2.75, 3.05) is 25.5 Å². The molecule has 2 atom stereocenters. The van der Waals surface area contributed by atoms with Gasteiger partial charge in [0.05, 0.1) is 11.9 Å². The molecule has 6 heteroatoms. The van der Waals surface area contributed by atoms with Crippen molar-refractivity contribution in [3.63, 3.8) is 0 Å². The summed E-state index contributed by atoms with van der Waals surface area (Å²) in [4.78, 5) is 15.9. The van der Waals surface area contributed by atoms with Crippen LogP contribution in [0.15, 0.2) is 16.6 Å². The van der Waals surface area contributed by atoms with Crippen molar-refractivity contribution in [3.8, 4) is 5.75 Å². The van der Waals surface area contributed by atoms with Gasteiger partial charge in [-0.2, -0.15) is 0 Å². The Balaban J connectivity index is 0.00000161. The smallest absolute Gasteiger partial charge is 0.308 e. The van der Waals surface area contributed by atoms with Crippen LogP contribution in [0.4, 0.5) is 5.69 Å². The quantitative estimate of drug-likeness (QED) is 0.557. The molecule has 0 spiro atoms. The van der Waals surface area contributed by atoms with Crippen LogP contribution >= 0.6 is 28.3 Å². The highest BCUT2D eigenvalue weighted by Crippen LogP contribution is 2.54. The summed E-state index contributed by atoms with van der Waals surface area (Å²) in [6.45, 7) is 4.81. The molecule has 0 amide bonds. The maximum absolute atomic E-state index is 11.2. The maximum Gasteiger partial charge on any atom is 0.308 e. The second-order valence-corrected chi connectivity index (χ2v) is 6.88. The molecule has 2 aliphatic rings. The van der Waals surface area contributed by atoms with Crippen molar-refractivity contribution >= 4 is 40.0 Å². The lowest BCUT2D eigenvalue weighted by Gasteiger charge is -2.32. The van der Waals surface area contributed by atoms with E-state index >= 15 is 0 Å². The van der Waals surface area contributed by atoms with E-state index in [1.54, 1.807) is 0 Å². The van der Waals surface area contributed by atoms with Gasteiger partial charge in [-0.1, -0.05) is 6.92 Å². The Morgan fingerprint density at radius 2 is 2.10 bits per heavy atom. The zero-order chi connectivity index (χ0) is 14.7. The van der Waals surface area contributed by atoms with Crippen LogP contribution in [-0.4, -0.2) is 37.7 Å². The summed E-state index contributed by atoms with van der Waals surface area (Å²) >= 11 is 3.63. The minimum Gasteiger partial charge on any atom is -0.427 e. The molecule has 1 aromatic carbocycles. The summed E-state index contributed by atoms with van der Waals surface area (Å²) in [5.41, 5.74) is 2.55. The third-order valence-electron chi connectivity index (χ3n) is 4.60. The summed E-state index contributed by atoms with van der Waals surface area (Å²) in [7, 11) is 4.30. The van der Waals surface area contributed by atoms with Crippen molar-refractivity contribution in [2.45, 2.75) is 31.8 Å². The number of carbonyl (C=O) groups is 1. The fourth-order valence-corrected chi connectivity index (χ4v) is 4.58. The molecule has 0 aliphatic carbocycles. The number of halogens is 2. The third-order valence-corrected chi connectivity index (χ3v) is 5.21. The molecule has 21 heavy (non-hydrogen) atoms. The number of fused-ring (bicyclic) bond motifs is 3. The van der Waals surface area contributed by atoms with Crippen LogP contribution in [-0.2, 0) is 10.2 Å². The summed E-state index contributed by atoms with van der Waals surface area (Å²) in [5.74, 6) is 0.335. The molecule has 4 nitrogen and oxygen atoms in total. The zero-order valence-corrected chi connectivity index (χ0v) is 15.0. The number of hydrogen-bond donors (Lipinski definition) is 0. The fourth-order valence-electron chi connectivity index (χ4n) is 3.86. The summed E-state index contributed by atoms with van der Waals surface area (Å²) in [6.07, 6.45) is 1.47. The fraction of sp³-hybridized carbons (Fsp3) is 0.533. The normalized spacial score (nSPS) is 27.1. The average Bonchev–Trinajstić information content (AvgIpc) is 2.74. The van der Waals surface area contributed by atoms with Crippen LogP contribution in [0.5, 0.6) is 5.75 Å². The summed E-state index contributed by atoms with van der Waals surface area (Å²) in [5, 5.41) is 0. The number of esters is 1. The van der Waals surface area contributed by atoms with Gasteiger partial charge in [0.25, 0.3) is 0 Å². The molecular formula is C15H20BrClN2O2. The van der Waals surface area contributed by atoms with E-state index in [0.29, 0.717) is 11.9 Å². The highest BCUT2D eigenvalue weighted by Gasteiger charge is 2.52. The number of anilines is 1. The van der Waals surface area contributed by atoms with Crippen LogP contribution < -0.4 is 9.64 Å². The van der Waals surface area contributed by atoms with Gasteiger partial charge in [-0.15, -0.1) is 12.4 Å². The Hall–Kier alpha value is -0.780. The molecule has 1 unspecified atom stereocenters. The largest absolute Gasteiger partial charge is 0.427 e. The molecular weight excluding hydrogens is 356 g/mol. The van der Waals surface area contributed by atoms with Gasteiger partial charge < -0.3 is 9.64 Å². The lowest BCUT2D eigenvalue weighted by molar-refractivity contribution is -0.131. The Labute approximate surface area is 140 Å². The molecule has 1 saturated heterocycles. The van der Waals surface area contributed by atoms with Crippen LogP contribution in [0.25, 0.3) is 0 Å².